The second-order valence-corrected chi connectivity index (χ2v) is 10.6. The Hall–Kier alpha value is -3.21. The highest BCUT2D eigenvalue weighted by atomic mass is 32.2. The van der Waals surface area contributed by atoms with Crippen LogP contribution in [0, 0.1) is 11.6 Å². The molecule has 0 unspecified atom stereocenters. The molecule has 0 saturated carbocycles. The van der Waals surface area contributed by atoms with Gasteiger partial charge in [0, 0.05) is 31.8 Å². The molecule has 1 aromatic heterocycles. The van der Waals surface area contributed by atoms with Gasteiger partial charge in [-0.05, 0) is 42.8 Å². The molecule has 4 aromatic rings. The van der Waals surface area contributed by atoms with Crippen molar-refractivity contribution in [2.75, 3.05) is 7.05 Å². The van der Waals surface area contributed by atoms with Gasteiger partial charge in [0.25, 0.3) is 5.91 Å². The average Bonchev–Trinajstić information content (AvgIpc) is 3.16. The van der Waals surface area contributed by atoms with Gasteiger partial charge in [0.1, 0.15) is 5.82 Å². The van der Waals surface area contributed by atoms with Crippen LogP contribution >= 0.6 is 11.3 Å². The van der Waals surface area contributed by atoms with Gasteiger partial charge in [-0.2, -0.15) is 9.30 Å². The largest absolute Gasteiger partial charge is 0.314 e. The van der Waals surface area contributed by atoms with Crippen molar-refractivity contribution in [3.63, 3.8) is 0 Å². The topological polar surface area (TPSA) is 71.7 Å². The van der Waals surface area contributed by atoms with E-state index in [9.17, 15) is 22.0 Å². The lowest BCUT2D eigenvalue weighted by Gasteiger charge is -2.17. The van der Waals surface area contributed by atoms with Crippen LogP contribution in [0.4, 0.5) is 8.78 Å². The lowest BCUT2D eigenvalue weighted by molar-refractivity contribution is 0.0997. The molecule has 176 valence electrons. The van der Waals surface area contributed by atoms with Crippen LogP contribution in [-0.2, 0) is 23.1 Å². The Kier molecular flexibility index (Phi) is 6.74. The summed E-state index contributed by atoms with van der Waals surface area (Å²) in [6.45, 7) is 2.31. The number of benzene rings is 3. The number of halogens is 2. The summed E-state index contributed by atoms with van der Waals surface area (Å²) in [5.74, 6) is -2.05. The number of carbonyl (C=O) groups excluding carboxylic acids is 1. The number of thiazole rings is 1. The zero-order chi connectivity index (χ0) is 24.5. The minimum Gasteiger partial charge on any atom is -0.314 e. The lowest BCUT2D eigenvalue weighted by atomic mass is 10.2. The van der Waals surface area contributed by atoms with Crippen molar-refractivity contribution in [3.8, 4) is 0 Å². The fourth-order valence-corrected chi connectivity index (χ4v) is 5.82. The average molecular weight is 502 g/mol. The van der Waals surface area contributed by atoms with Crippen LogP contribution in [0.25, 0.3) is 10.2 Å². The van der Waals surface area contributed by atoms with Gasteiger partial charge in [0.05, 0.1) is 15.1 Å². The highest BCUT2D eigenvalue weighted by Crippen LogP contribution is 2.23. The summed E-state index contributed by atoms with van der Waals surface area (Å²) < 4.78 is 56.8. The number of hydrogen-bond donors (Lipinski definition) is 0. The first-order valence-electron chi connectivity index (χ1n) is 10.4. The first kappa shape index (κ1) is 23.9. The maximum atomic E-state index is 14.3. The van der Waals surface area contributed by atoms with Gasteiger partial charge >= 0.3 is 0 Å². The smallest absolute Gasteiger partial charge is 0.279 e. The number of hydrogen-bond acceptors (Lipinski definition) is 4. The van der Waals surface area contributed by atoms with Crippen LogP contribution in [0.3, 0.4) is 0 Å². The van der Waals surface area contributed by atoms with Crippen molar-refractivity contribution in [2.45, 2.75) is 24.9 Å². The molecule has 1 amide bonds. The van der Waals surface area contributed by atoms with E-state index in [0.29, 0.717) is 11.2 Å². The molecule has 4 rings (SSSR count). The molecule has 1 heterocycles. The summed E-state index contributed by atoms with van der Waals surface area (Å²) in [6.07, 6.45) is 0. The summed E-state index contributed by atoms with van der Waals surface area (Å²) in [4.78, 5) is 17.1. The number of carbonyl (C=O) groups is 1. The van der Waals surface area contributed by atoms with Crippen LogP contribution in [0.5, 0.6) is 0 Å². The minimum atomic E-state index is -3.76. The monoisotopic (exact) mass is 501 g/mol. The fraction of sp³-hybridized carbons (Fsp3) is 0.167. The van der Waals surface area contributed by atoms with Crippen LogP contribution in [0.2, 0.25) is 0 Å². The van der Waals surface area contributed by atoms with Crippen LogP contribution in [-0.4, -0.2) is 30.2 Å². The molecule has 0 aliphatic rings. The molecule has 0 radical (unpaired) electrons. The number of rotatable bonds is 6. The SMILES string of the molecule is CCn1c(=NC(=O)c2ccc(S(=O)(=O)N(C)Cc3ccccc3)cc2)sc2cc(F)cc(F)c21. The molecular weight excluding hydrogens is 480 g/mol. The number of nitrogens with zero attached hydrogens (tertiary/aromatic N) is 3. The summed E-state index contributed by atoms with van der Waals surface area (Å²) in [6, 6.07) is 16.7. The number of amides is 1. The lowest BCUT2D eigenvalue weighted by Crippen LogP contribution is -2.26. The highest BCUT2D eigenvalue weighted by molar-refractivity contribution is 7.89. The third-order valence-corrected chi connectivity index (χ3v) is 8.11. The zero-order valence-corrected chi connectivity index (χ0v) is 20.0. The number of aromatic nitrogens is 1. The Morgan fingerprint density at radius 3 is 2.38 bits per heavy atom. The molecule has 0 bridgehead atoms. The van der Waals surface area contributed by atoms with E-state index < -0.39 is 27.6 Å². The van der Waals surface area contributed by atoms with Gasteiger partial charge in [-0.15, -0.1) is 0 Å². The first-order valence-corrected chi connectivity index (χ1v) is 12.6. The number of aryl methyl sites for hydroxylation is 1. The first-order chi connectivity index (χ1) is 16.2. The Morgan fingerprint density at radius 2 is 1.74 bits per heavy atom. The molecule has 0 N–H and O–H groups in total. The maximum absolute atomic E-state index is 14.3. The molecule has 0 atom stereocenters. The standard InChI is InChI=1S/C24H21F2N3O3S2/c1-3-29-22-20(26)13-18(25)14-21(22)33-24(29)27-23(30)17-9-11-19(12-10-17)34(31,32)28(2)15-16-7-5-4-6-8-16/h4-14H,3,15H2,1-2H3. The molecule has 0 spiro atoms. The molecule has 0 aliphatic heterocycles. The van der Waals surface area contributed by atoms with E-state index in [1.54, 1.807) is 6.92 Å². The van der Waals surface area contributed by atoms with Crippen molar-refractivity contribution < 1.29 is 22.0 Å². The van der Waals surface area contributed by atoms with E-state index >= 15 is 0 Å². The molecule has 34 heavy (non-hydrogen) atoms. The molecule has 0 aliphatic carbocycles. The Morgan fingerprint density at radius 1 is 1.06 bits per heavy atom. The zero-order valence-electron chi connectivity index (χ0n) is 18.4. The Balaban J connectivity index is 1.62. The minimum absolute atomic E-state index is 0.0468. The quantitative estimate of drug-likeness (QED) is 0.389. The van der Waals surface area contributed by atoms with Crippen molar-refractivity contribution in [1.29, 1.82) is 0 Å². The molecule has 3 aromatic carbocycles. The second-order valence-electron chi connectivity index (χ2n) is 7.55. The Bertz CT molecular complexity index is 1530. The molecule has 0 fully saturated rings. The highest BCUT2D eigenvalue weighted by Gasteiger charge is 2.21. The molecular formula is C24H21F2N3O3S2. The van der Waals surface area contributed by atoms with Gasteiger partial charge in [0.15, 0.2) is 10.6 Å². The number of fused-ring (bicyclic) bond motifs is 1. The van der Waals surface area contributed by atoms with Crippen LogP contribution in [0.1, 0.15) is 22.8 Å². The third kappa shape index (κ3) is 4.70. The Labute approximate surface area is 199 Å². The summed E-state index contributed by atoms with van der Waals surface area (Å²) >= 11 is 1.00. The number of sulfonamides is 1. The molecule has 10 heteroatoms. The van der Waals surface area contributed by atoms with Gasteiger partial charge < -0.3 is 4.57 Å². The summed E-state index contributed by atoms with van der Waals surface area (Å²) in [5.41, 5.74) is 1.21. The predicted octanol–water partition coefficient (Wildman–Crippen LogP) is 4.56. The third-order valence-electron chi connectivity index (χ3n) is 5.27. The summed E-state index contributed by atoms with van der Waals surface area (Å²) in [5, 5.41) is 0. The van der Waals surface area contributed by atoms with E-state index in [0.717, 1.165) is 23.0 Å². The predicted molar refractivity (Wildman–Crippen MR) is 127 cm³/mol. The van der Waals surface area contributed by atoms with Gasteiger partial charge in [-0.25, -0.2) is 17.2 Å². The second kappa shape index (κ2) is 9.57. The van der Waals surface area contributed by atoms with Crippen molar-refractivity contribution >= 4 is 37.5 Å². The van der Waals surface area contributed by atoms with Gasteiger partial charge in [0.2, 0.25) is 10.0 Å². The van der Waals surface area contributed by atoms with Crippen molar-refractivity contribution in [1.82, 2.24) is 8.87 Å². The van der Waals surface area contributed by atoms with E-state index in [-0.39, 0.29) is 27.3 Å². The van der Waals surface area contributed by atoms with Crippen LogP contribution in [0.15, 0.2) is 76.6 Å². The molecule has 0 saturated heterocycles. The fourth-order valence-electron chi connectivity index (χ4n) is 3.53. The normalized spacial score (nSPS) is 12.6. The van der Waals surface area contributed by atoms with E-state index in [1.165, 1.54) is 46.3 Å². The van der Waals surface area contributed by atoms with E-state index in [4.69, 9.17) is 0 Å². The van der Waals surface area contributed by atoms with E-state index in [1.807, 2.05) is 30.3 Å². The van der Waals surface area contributed by atoms with Crippen molar-refractivity contribution in [3.05, 3.63) is 94.3 Å². The van der Waals surface area contributed by atoms with Gasteiger partial charge in [-0.3, -0.25) is 4.79 Å². The van der Waals surface area contributed by atoms with E-state index in [2.05, 4.69) is 4.99 Å². The van der Waals surface area contributed by atoms with Gasteiger partial charge in [-0.1, -0.05) is 41.7 Å². The molecule has 6 nitrogen and oxygen atoms in total. The summed E-state index contributed by atoms with van der Waals surface area (Å²) in [7, 11) is -2.27. The maximum Gasteiger partial charge on any atom is 0.279 e. The van der Waals surface area contributed by atoms with Crippen molar-refractivity contribution in [2.24, 2.45) is 4.99 Å². The van der Waals surface area contributed by atoms with Crippen LogP contribution < -0.4 is 4.80 Å².